The van der Waals surface area contributed by atoms with E-state index in [-0.39, 0.29) is 11.4 Å². The van der Waals surface area contributed by atoms with Crippen molar-refractivity contribution in [3.05, 3.63) is 68.9 Å². The fraction of sp³-hybridized carbons (Fsp3) is 0.250. The Hall–Kier alpha value is -0.900. The van der Waals surface area contributed by atoms with Crippen molar-refractivity contribution in [2.45, 2.75) is 25.4 Å². The van der Waals surface area contributed by atoms with E-state index in [1.165, 1.54) is 6.07 Å². The van der Waals surface area contributed by atoms with E-state index in [2.05, 4.69) is 15.9 Å². The van der Waals surface area contributed by atoms with Gasteiger partial charge in [-0.3, -0.25) is 0 Å². The Morgan fingerprint density at radius 1 is 1.15 bits per heavy atom. The summed E-state index contributed by atoms with van der Waals surface area (Å²) < 4.78 is 14.9. The second-order valence-corrected chi connectivity index (χ2v) is 6.51. The van der Waals surface area contributed by atoms with Crippen molar-refractivity contribution in [1.29, 1.82) is 0 Å². The summed E-state index contributed by atoms with van der Waals surface area (Å²) in [6, 6.07) is 12.6. The molecule has 2 aromatic rings. The standard InChI is InChI=1S/C16H15BrClFO/c1-16(20,9-11-5-7-13(17)8-6-11)10-12-3-2-4-14(18)15(12)19/h2-8,20H,9-10H2,1H3. The zero-order valence-corrected chi connectivity index (χ0v) is 13.4. The minimum Gasteiger partial charge on any atom is -0.389 e. The van der Waals surface area contributed by atoms with Crippen molar-refractivity contribution in [3.8, 4) is 0 Å². The molecule has 0 bridgehead atoms. The molecule has 0 saturated heterocycles. The van der Waals surface area contributed by atoms with Crippen LogP contribution in [-0.2, 0) is 12.8 Å². The van der Waals surface area contributed by atoms with Crippen LogP contribution in [0.1, 0.15) is 18.1 Å². The van der Waals surface area contributed by atoms with Crippen molar-refractivity contribution < 1.29 is 9.50 Å². The van der Waals surface area contributed by atoms with Gasteiger partial charge in [0.15, 0.2) is 0 Å². The second kappa shape index (κ2) is 6.25. The molecule has 0 aliphatic rings. The van der Waals surface area contributed by atoms with Crippen LogP contribution in [0.5, 0.6) is 0 Å². The molecular formula is C16H15BrClFO. The van der Waals surface area contributed by atoms with Gasteiger partial charge in [0.05, 0.1) is 10.6 Å². The largest absolute Gasteiger partial charge is 0.389 e. The fourth-order valence-corrected chi connectivity index (χ4v) is 2.66. The molecular weight excluding hydrogens is 343 g/mol. The van der Waals surface area contributed by atoms with Gasteiger partial charge in [0.1, 0.15) is 5.82 Å². The summed E-state index contributed by atoms with van der Waals surface area (Å²) in [4.78, 5) is 0. The zero-order chi connectivity index (χ0) is 14.8. The van der Waals surface area contributed by atoms with Gasteiger partial charge < -0.3 is 5.11 Å². The van der Waals surface area contributed by atoms with Gasteiger partial charge in [-0.1, -0.05) is 51.8 Å². The highest BCUT2D eigenvalue weighted by Crippen LogP contribution is 2.24. The molecule has 2 rings (SSSR count). The first-order valence-electron chi connectivity index (χ1n) is 6.27. The molecule has 0 radical (unpaired) electrons. The molecule has 0 saturated carbocycles. The highest BCUT2D eigenvalue weighted by molar-refractivity contribution is 9.10. The van der Waals surface area contributed by atoms with Gasteiger partial charge in [-0.2, -0.15) is 0 Å². The van der Waals surface area contributed by atoms with E-state index in [0.29, 0.717) is 12.0 Å². The Morgan fingerprint density at radius 2 is 1.80 bits per heavy atom. The lowest BCUT2D eigenvalue weighted by Gasteiger charge is -2.24. The Morgan fingerprint density at radius 3 is 2.45 bits per heavy atom. The number of hydrogen-bond acceptors (Lipinski definition) is 1. The average molecular weight is 358 g/mol. The quantitative estimate of drug-likeness (QED) is 0.835. The Balaban J connectivity index is 2.14. The lowest BCUT2D eigenvalue weighted by Crippen LogP contribution is -2.30. The smallest absolute Gasteiger partial charge is 0.145 e. The van der Waals surface area contributed by atoms with E-state index in [4.69, 9.17) is 11.6 Å². The molecule has 4 heteroatoms. The molecule has 1 unspecified atom stereocenters. The summed E-state index contributed by atoms with van der Waals surface area (Å²) in [5.74, 6) is -0.453. The monoisotopic (exact) mass is 356 g/mol. The van der Waals surface area contributed by atoms with Crippen LogP contribution in [0, 0.1) is 5.82 Å². The molecule has 0 aliphatic carbocycles. The van der Waals surface area contributed by atoms with Crippen LogP contribution in [0.2, 0.25) is 5.02 Å². The minimum absolute atomic E-state index is 0.0851. The van der Waals surface area contributed by atoms with Crippen LogP contribution in [0.4, 0.5) is 4.39 Å². The van der Waals surface area contributed by atoms with Crippen LogP contribution in [0.15, 0.2) is 46.9 Å². The summed E-state index contributed by atoms with van der Waals surface area (Å²) in [5, 5.41) is 10.6. The summed E-state index contributed by atoms with van der Waals surface area (Å²) in [6.07, 6.45) is 0.668. The van der Waals surface area contributed by atoms with Crippen LogP contribution in [0.25, 0.3) is 0 Å². The van der Waals surface area contributed by atoms with Crippen molar-refractivity contribution in [2.75, 3.05) is 0 Å². The third kappa shape index (κ3) is 4.05. The van der Waals surface area contributed by atoms with E-state index in [9.17, 15) is 9.50 Å². The average Bonchev–Trinajstić information content (AvgIpc) is 2.37. The first kappa shape index (κ1) is 15.5. The summed E-state index contributed by atoms with van der Waals surface area (Å²) >= 11 is 9.13. The Labute approximate surface area is 131 Å². The van der Waals surface area contributed by atoms with E-state index in [0.717, 1.165) is 10.0 Å². The maximum atomic E-state index is 13.9. The molecule has 20 heavy (non-hydrogen) atoms. The Bertz CT molecular complexity index is 596. The molecule has 0 fully saturated rings. The number of benzene rings is 2. The maximum Gasteiger partial charge on any atom is 0.145 e. The molecule has 0 amide bonds. The van der Waals surface area contributed by atoms with Crippen molar-refractivity contribution in [2.24, 2.45) is 0 Å². The first-order chi connectivity index (χ1) is 9.37. The summed E-state index contributed by atoms with van der Waals surface area (Å²) in [7, 11) is 0. The van der Waals surface area contributed by atoms with Crippen LogP contribution < -0.4 is 0 Å². The van der Waals surface area contributed by atoms with Crippen LogP contribution in [-0.4, -0.2) is 10.7 Å². The molecule has 1 N–H and O–H groups in total. The van der Waals surface area contributed by atoms with Crippen molar-refractivity contribution in [1.82, 2.24) is 0 Å². The van der Waals surface area contributed by atoms with Crippen molar-refractivity contribution >= 4 is 27.5 Å². The van der Waals surface area contributed by atoms with Gasteiger partial charge in [0.25, 0.3) is 0 Å². The SMILES string of the molecule is CC(O)(Cc1ccc(Br)cc1)Cc1cccc(Cl)c1F. The van der Waals surface area contributed by atoms with E-state index in [1.807, 2.05) is 24.3 Å². The van der Waals surface area contributed by atoms with Crippen molar-refractivity contribution in [3.63, 3.8) is 0 Å². The van der Waals surface area contributed by atoms with Crippen LogP contribution >= 0.6 is 27.5 Å². The van der Waals surface area contributed by atoms with E-state index >= 15 is 0 Å². The Kier molecular flexibility index (Phi) is 4.84. The minimum atomic E-state index is -1.03. The summed E-state index contributed by atoms with van der Waals surface area (Å²) in [5.41, 5.74) is 0.402. The molecule has 106 valence electrons. The third-order valence-electron chi connectivity index (χ3n) is 3.10. The topological polar surface area (TPSA) is 20.2 Å². The lowest BCUT2D eigenvalue weighted by molar-refractivity contribution is 0.0599. The third-order valence-corrected chi connectivity index (χ3v) is 3.92. The predicted molar refractivity (Wildman–Crippen MR) is 83.6 cm³/mol. The van der Waals surface area contributed by atoms with Gasteiger partial charge in [-0.15, -0.1) is 0 Å². The van der Waals surface area contributed by atoms with E-state index < -0.39 is 11.4 Å². The molecule has 0 heterocycles. The van der Waals surface area contributed by atoms with E-state index in [1.54, 1.807) is 19.1 Å². The van der Waals surface area contributed by atoms with Gasteiger partial charge in [0.2, 0.25) is 0 Å². The zero-order valence-electron chi connectivity index (χ0n) is 11.0. The predicted octanol–water partition coefficient (Wildman–Crippen LogP) is 4.78. The number of halogens is 3. The molecule has 1 nitrogen and oxygen atoms in total. The normalized spacial score (nSPS) is 14.1. The summed E-state index contributed by atoms with van der Waals surface area (Å²) in [6.45, 7) is 1.70. The number of aliphatic hydroxyl groups is 1. The van der Waals surface area contributed by atoms with Gasteiger partial charge in [-0.25, -0.2) is 4.39 Å². The fourth-order valence-electron chi connectivity index (χ4n) is 2.20. The molecule has 0 spiro atoms. The molecule has 0 aliphatic heterocycles. The van der Waals surface area contributed by atoms with Gasteiger partial charge in [0, 0.05) is 17.3 Å². The lowest BCUT2D eigenvalue weighted by atomic mass is 9.89. The highest BCUT2D eigenvalue weighted by atomic mass is 79.9. The number of hydrogen-bond donors (Lipinski definition) is 1. The van der Waals surface area contributed by atoms with Crippen LogP contribution in [0.3, 0.4) is 0 Å². The first-order valence-corrected chi connectivity index (χ1v) is 7.44. The number of rotatable bonds is 4. The maximum absolute atomic E-state index is 13.9. The second-order valence-electron chi connectivity index (χ2n) is 5.19. The van der Waals surface area contributed by atoms with Gasteiger partial charge in [-0.05, 0) is 36.2 Å². The highest BCUT2D eigenvalue weighted by Gasteiger charge is 2.23. The molecule has 0 aromatic heterocycles. The van der Waals surface area contributed by atoms with Gasteiger partial charge >= 0.3 is 0 Å². The molecule has 2 aromatic carbocycles. The molecule has 1 atom stereocenters.